The van der Waals surface area contributed by atoms with Crippen LogP contribution in [0.2, 0.25) is 0 Å². The third-order valence-corrected chi connectivity index (χ3v) is 7.20. The van der Waals surface area contributed by atoms with Crippen molar-refractivity contribution in [2.75, 3.05) is 23.8 Å². The molecule has 0 spiro atoms. The smallest absolute Gasteiger partial charge is 0.325 e. The average molecular weight is 549 g/mol. The van der Waals surface area contributed by atoms with Gasteiger partial charge < -0.3 is 26.5 Å². The summed E-state index contributed by atoms with van der Waals surface area (Å²) in [6.45, 7) is 5.14. The number of H-pyrrole nitrogens is 1. The number of hydrogen-bond acceptors (Lipinski definition) is 8. The van der Waals surface area contributed by atoms with Crippen molar-refractivity contribution in [3.63, 3.8) is 0 Å². The van der Waals surface area contributed by atoms with Gasteiger partial charge in [-0.05, 0) is 55.6 Å². The minimum Gasteiger partial charge on any atom is -0.465 e. The quantitative estimate of drug-likeness (QED) is 0.233. The number of hydrogen-bond donors (Lipinski definition) is 4. The van der Waals surface area contributed by atoms with Gasteiger partial charge >= 0.3 is 5.97 Å². The third kappa shape index (κ3) is 5.32. The number of ether oxygens (including phenoxy) is 1. The van der Waals surface area contributed by atoms with Crippen molar-refractivity contribution in [2.45, 2.75) is 26.8 Å². The van der Waals surface area contributed by atoms with Crippen LogP contribution in [0.5, 0.6) is 0 Å². The number of benzene rings is 2. The van der Waals surface area contributed by atoms with Gasteiger partial charge in [-0.1, -0.05) is 30.3 Å². The predicted octanol–water partition coefficient (Wildman–Crippen LogP) is 2.99. The predicted molar refractivity (Wildman–Crippen MR) is 148 cm³/mol. The highest BCUT2D eigenvalue weighted by atomic mass is 32.1. The Balaban J connectivity index is 1.93. The van der Waals surface area contributed by atoms with Crippen LogP contribution in [-0.2, 0) is 14.3 Å². The molecule has 1 unspecified atom stereocenters. The monoisotopic (exact) mass is 548 g/mol. The van der Waals surface area contributed by atoms with Gasteiger partial charge in [-0.3, -0.25) is 24.1 Å². The SMILES string of the molecule is CCOC(=O)CNC(=O)C(c1c[nH]c2ccccc12)N(C(=O)c1snc(C(N)=O)c1N)c1cccc(C)c1C. The number of nitrogen functional groups attached to an aromatic ring is 1. The lowest BCUT2D eigenvalue weighted by atomic mass is 9.99. The molecule has 0 fully saturated rings. The minimum absolute atomic E-state index is 0.0484. The van der Waals surface area contributed by atoms with E-state index in [1.54, 1.807) is 25.3 Å². The number of primary amides is 1. The van der Waals surface area contributed by atoms with Crippen LogP contribution < -0.4 is 21.7 Å². The van der Waals surface area contributed by atoms with E-state index in [1.165, 1.54) is 4.90 Å². The number of carbonyl (C=O) groups is 4. The Morgan fingerprint density at radius 1 is 1.13 bits per heavy atom. The highest BCUT2D eigenvalue weighted by molar-refractivity contribution is 7.09. The Bertz CT molecular complexity index is 1580. The lowest BCUT2D eigenvalue weighted by molar-refractivity contribution is -0.143. The van der Waals surface area contributed by atoms with E-state index in [2.05, 4.69) is 14.7 Å². The van der Waals surface area contributed by atoms with Crippen molar-refractivity contribution in [2.24, 2.45) is 5.73 Å². The van der Waals surface area contributed by atoms with E-state index in [0.29, 0.717) is 16.6 Å². The number of anilines is 2. The fourth-order valence-corrected chi connectivity index (χ4v) is 5.03. The maximum absolute atomic E-state index is 14.3. The number of aromatic nitrogens is 2. The molecule has 2 aromatic carbocycles. The molecule has 6 N–H and O–H groups in total. The first kappa shape index (κ1) is 27.3. The van der Waals surface area contributed by atoms with E-state index in [1.807, 2.05) is 44.2 Å². The van der Waals surface area contributed by atoms with Gasteiger partial charge in [-0.15, -0.1) is 0 Å². The summed E-state index contributed by atoms with van der Waals surface area (Å²) in [5.41, 5.74) is 14.4. The molecule has 202 valence electrons. The van der Waals surface area contributed by atoms with E-state index in [4.69, 9.17) is 16.2 Å². The molecule has 0 saturated heterocycles. The first-order valence-electron chi connectivity index (χ1n) is 12.1. The standard InChI is InChI=1S/C27H28N6O5S/c1-4-38-20(34)13-31-26(36)23(17-12-30-18-10-6-5-9-16(17)18)33(19-11-7-8-14(2)15(19)3)27(37)24-21(28)22(25(29)35)32-39-24/h5-12,23,30H,4,13,28H2,1-3H3,(H2,29,35)(H,31,36). The zero-order chi connectivity index (χ0) is 28.3. The summed E-state index contributed by atoms with van der Waals surface area (Å²) in [7, 11) is 0. The summed E-state index contributed by atoms with van der Waals surface area (Å²) in [6, 6.07) is 11.4. The van der Waals surface area contributed by atoms with Crippen LogP contribution in [0.1, 0.15) is 49.8 Å². The molecule has 0 radical (unpaired) electrons. The number of amides is 3. The van der Waals surface area contributed by atoms with Crippen LogP contribution in [0.25, 0.3) is 10.9 Å². The second-order valence-electron chi connectivity index (χ2n) is 8.75. The number of nitrogens with zero attached hydrogens (tertiary/aromatic N) is 2. The average Bonchev–Trinajstić information content (AvgIpc) is 3.51. The number of esters is 1. The molecule has 4 rings (SSSR count). The molecule has 0 saturated carbocycles. The fourth-order valence-electron chi connectivity index (χ4n) is 4.29. The molecule has 2 aromatic heterocycles. The maximum Gasteiger partial charge on any atom is 0.325 e. The van der Waals surface area contributed by atoms with Gasteiger partial charge in [0.2, 0.25) is 5.91 Å². The second kappa shape index (κ2) is 11.4. The summed E-state index contributed by atoms with van der Waals surface area (Å²) >= 11 is 0.720. The van der Waals surface area contributed by atoms with Crippen molar-refractivity contribution in [3.8, 4) is 0 Å². The van der Waals surface area contributed by atoms with Gasteiger partial charge in [0.25, 0.3) is 11.8 Å². The zero-order valence-corrected chi connectivity index (χ0v) is 22.4. The van der Waals surface area contributed by atoms with Crippen molar-refractivity contribution >= 4 is 57.5 Å². The topological polar surface area (TPSA) is 174 Å². The van der Waals surface area contributed by atoms with Crippen LogP contribution in [-0.4, -0.2) is 46.2 Å². The molecule has 11 nitrogen and oxygen atoms in total. The number of nitrogens with two attached hydrogens (primary N) is 2. The molecule has 39 heavy (non-hydrogen) atoms. The Morgan fingerprint density at radius 2 is 1.87 bits per heavy atom. The Morgan fingerprint density at radius 3 is 2.56 bits per heavy atom. The molecule has 4 aromatic rings. The largest absolute Gasteiger partial charge is 0.465 e. The Labute approximate surface area is 228 Å². The molecule has 1 atom stereocenters. The van der Waals surface area contributed by atoms with Crippen LogP contribution in [0.3, 0.4) is 0 Å². The number of para-hydroxylation sites is 1. The number of carbonyl (C=O) groups excluding carboxylic acids is 4. The summed E-state index contributed by atoms with van der Waals surface area (Å²) in [4.78, 5) is 56.5. The third-order valence-electron chi connectivity index (χ3n) is 6.34. The molecule has 0 aliphatic carbocycles. The van der Waals surface area contributed by atoms with Crippen LogP contribution in [0.15, 0.2) is 48.7 Å². The molecule has 3 amide bonds. The van der Waals surface area contributed by atoms with Gasteiger partial charge in [0.05, 0.1) is 12.3 Å². The van der Waals surface area contributed by atoms with Gasteiger partial charge in [-0.2, -0.15) is 4.37 Å². The number of aromatic amines is 1. The zero-order valence-electron chi connectivity index (χ0n) is 21.6. The van der Waals surface area contributed by atoms with Crippen molar-refractivity contribution < 1.29 is 23.9 Å². The fraction of sp³-hybridized carbons (Fsp3) is 0.222. The van der Waals surface area contributed by atoms with Crippen LogP contribution in [0, 0.1) is 13.8 Å². The van der Waals surface area contributed by atoms with Crippen molar-refractivity contribution in [3.05, 3.63) is 75.9 Å². The molecule has 0 bridgehead atoms. The lowest BCUT2D eigenvalue weighted by Crippen LogP contribution is -2.45. The van der Waals surface area contributed by atoms with Gasteiger partial charge in [0, 0.05) is 28.4 Å². The summed E-state index contributed by atoms with van der Waals surface area (Å²) in [6.07, 6.45) is 1.65. The normalized spacial score (nSPS) is 11.7. The molecular formula is C27H28N6O5S. The number of rotatable bonds is 9. The number of fused-ring (bicyclic) bond motifs is 1. The first-order valence-corrected chi connectivity index (χ1v) is 12.9. The maximum atomic E-state index is 14.3. The minimum atomic E-state index is -1.25. The van der Waals surface area contributed by atoms with E-state index in [9.17, 15) is 19.2 Å². The summed E-state index contributed by atoms with van der Waals surface area (Å²) in [5, 5.41) is 3.31. The van der Waals surface area contributed by atoms with Crippen LogP contribution >= 0.6 is 11.5 Å². The Hall–Kier alpha value is -4.71. The van der Waals surface area contributed by atoms with E-state index < -0.39 is 36.3 Å². The number of aryl methyl sites for hydroxylation is 1. The van der Waals surface area contributed by atoms with E-state index in [0.717, 1.165) is 28.2 Å². The molecule has 12 heteroatoms. The summed E-state index contributed by atoms with van der Waals surface area (Å²) in [5.74, 6) is -2.78. The lowest BCUT2D eigenvalue weighted by Gasteiger charge is -2.32. The highest BCUT2D eigenvalue weighted by Gasteiger charge is 2.38. The van der Waals surface area contributed by atoms with Gasteiger partial charge in [0.1, 0.15) is 17.5 Å². The van der Waals surface area contributed by atoms with Crippen LogP contribution in [0.4, 0.5) is 11.4 Å². The van der Waals surface area contributed by atoms with E-state index in [-0.39, 0.29) is 22.9 Å². The summed E-state index contributed by atoms with van der Waals surface area (Å²) < 4.78 is 8.94. The van der Waals surface area contributed by atoms with Crippen molar-refractivity contribution in [1.29, 1.82) is 0 Å². The first-order chi connectivity index (χ1) is 18.6. The molecule has 0 aliphatic heterocycles. The van der Waals surface area contributed by atoms with Gasteiger partial charge in [-0.25, -0.2) is 0 Å². The molecule has 2 heterocycles. The Kier molecular flexibility index (Phi) is 7.96. The van der Waals surface area contributed by atoms with E-state index >= 15 is 0 Å². The highest BCUT2D eigenvalue weighted by Crippen LogP contribution is 2.37. The molecular weight excluding hydrogens is 520 g/mol. The number of nitrogens with one attached hydrogen (secondary N) is 2. The van der Waals surface area contributed by atoms with Crippen molar-refractivity contribution in [1.82, 2.24) is 14.7 Å². The second-order valence-corrected chi connectivity index (χ2v) is 9.52. The van der Waals surface area contributed by atoms with Gasteiger partial charge in [0.15, 0.2) is 5.69 Å². The molecule has 0 aliphatic rings.